The molecule has 1 saturated heterocycles. The Bertz CT molecular complexity index is 774. The lowest BCUT2D eigenvalue weighted by Crippen LogP contribution is -2.41. The van der Waals surface area contributed by atoms with E-state index in [0.717, 1.165) is 18.8 Å². The Kier molecular flexibility index (Phi) is 5.25. The number of aliphatic carboxylic acids is 1. The number of carboxylic acid groups (broad SMARTS) is 1. The van der Waals surface area contributed by atoms with Crippen molar-refractivity contribution in [2.24, 2.45) is 5.41 Å². The first-order chi connectivity index (χ1) is 12.5. The number of urea groups is 1. The van der Waals surface area contributed by atoms with Crippen LogP contribution in [0.4, 0.5) is 4.79 Å². The predicted molar refractivity (Wildman–Crippen MR) is 96.5 cm³/mol. The van der Waals surface area contributed by atoms with Gasteiger partial charge in [-0.1, -0.05) is 30.3 Å². The van der Waals surface area contributed by atoms with Crippen LogP contribution in [0.2, 0.25) is 0 Å². The third kappa shape index (κ3) is 4.04. The number of carbonyl (C=O) groups excluding carboxylic acids is 1. The normalized spacial score (nSPS) is 19.5. The molecule has 1 aliphatic rings. The van der Waals surface area contributed by atoms with Gasteiger partial charge < -0.3 is 19.9 Å². The molecule has 0 aliphatic carbocycles. The third-order valence-electron chi connectivity index (χ3n) is 4.96. The minimum atomic E-state index is -0.857. The highest BCUT2D eigenvalue weighted by Gasteiger charge is 2.42. The lowest BCUT2D eigenvalue weighted by Gasteiger charge is -2.20. The van der Waals surface area contributed by atoms with E-state index in [0.29, 0.717) is 19.5 Å². The molecule has 1 unspecified atom stereocenters. The van der Waals surface area contributed by atoms with E-state index in [9.17, 15) is 14.7 Å². The van der Waals surface area contributed by atoms with E-state index in [2.05, 4.69) is 22.4 Å². The van der Waals surface area contributed by atoms with E-state index < -0.39 is 11.4 Å². The highest BCUT2D eigenvalue weighted by Crippen LogP contribution is 2.29. The highest BCUT2D eigenvalue weighted by molar-refractivity contribution is 5.79. The minimum absolute atomic E-state index is 0.233. The van der Waals surface area contributed by atoms with Crippen molar-refractivity contribution in [1.82, 2.24) is 19.8 Å². The van der Waals surface area contributed by atoms with Gasteiger partial charge in [-0.3, -0.25) is 4.79 Å². The van der Waals surface area contributed by atoms with Gasteiger partial charge in [0.2, 0.25) is 0 Å². The SMILES string of the molecule is CC1(C(=O)O)CCN(C(=O)NCc2nccn2CCc2ccccc2)C1. The zero-order valence-electron chi connectivity index (χ0n) is 14.9. The van der Waals surface area contributed by atoms with Crippen LogP contribution in [0.15, 0.2) is 42.7 Å². The van der Waals surface area contributed by atoms with E-state index in [1.54, 1.807) is 18.0 Å². The summed E-state index contributed by atoms with van der Waals surface area (Å²) in [6.45, 7) is 3.48. The van der Waals surface area contributed by atoms with Crippen molar-refractivity contribution >= 4 is 12.0 Å². The number of benzene rings is 1. The van der Waals surface area contributed by atoms with Gasteiger partial charge in [0, 0.05) is 32.0 Å². The molecule has 1 aliphatic heterocycles. The molecule has 2 aromatic rings. The second-order valence-electron chi connectivity index (χ2n) is 6.97. The second-order valence-corrected chi connectivity index (χ2v) is 6.97. The first-order valence-corrected chi connectivity index (χ1v) is 8.78. The Morgan fingerprint density at radius 2 is 2.08 bits per heavy atom. The maximum Gasteiger partial charge on any atom is 0.317 e. The van der Waals surface area contributed by atoms with Gasteiger partial charge >= 0.3 is 12.0 Å². The van der Waals surface area contributed by atoms with Crippen molar-refractivity contribution in [3.05, 3.63) is 54.1 Å². The molecule has 7 heteroatoms. The van der Waals surface area contributed by atoms with E-state index in [1.165, 1.54) is 5.56 Å². The highest BCUT2D eigenvalue weighted by atomic mass is 16.4. The fourth-order valence-electron chi connectivity index (χ4n) is 3.18. The lowest BCUT2D eigenvalue weighted by molar-refractivity contribution is -0.147. The van der Waals surface area contributed by atoms with Crippen molar-refractivity contribution < 1.29 is 14.7 Å². The number of nitrogens with zero attached hydrogens (tertiary/aromatic N) is 3. The molecule has 0 bridgehead atoms. The number of rotatable bonds is 6. The molecule has 26 heavy (non-hydrogen) atoms. The predicted octanol–water partition coefficient (Wildman–Crippen LogP) is 2.13. The molecular formula is C19H24N4O3. The monoisotopic (exact) mass is 356 g/mol. The number of likely N-dealkylation sites (tertiary alicyclic amines) is 1. The molecule has 7 nitrogen and oxygen atoms in total. The number of nitrogens with one attached hydrogen (secondary N) is 1. The van der Waals surface area contributed by atoms with Crippen LogP contribution in [-0.2, 0) is 24.3 Å². The first kappa shape index (κ1) is 18.0. The summed E-state index contributed by atoms with van der Waals surface area (Å²) in [7, 11) is 0. The summed E-state index contributed by atoms with van der Waals surface area (Å²) in [6, 6.07) is 9.97. The number of amides is 2. The fourth-order valence-corrected chi connectivity index (χ4v) is 3.18. The molecule has 1 aromatic carbocycles. The van der Waals surface area contributed by atoms with E-state index >= 15 is 0 Å². The number of hydrogen-bond donors (Lipinski definition) is 2. The van der Waals surface area contributed by atoms with Crippen LogP contribution >= 0.6 is 0 Å². The van der Waals surface area contributed by atoms with Crippen LogP contribution in [0.1, 0.15) is 24.7 Å². The van der Waals surface area contributed by atoms with Gasteiger partial charge in [0.25, 0.3) is 0 Å². The molecule has 2 heterocycles. The third-order valence-corrected chi connectivity index (χ3v) is 4.96. The van der Waals surface area contributed by atoms with Gasteiger partial charge in [0.1, 0.15) is 5.82 Å². The summed E-state index contributed by atoms with van der Waals surface area (Å²) in [5.41, 5.74) is 0.395. The number of aryl methyl sites for hydroxylation is 2. The number of aromatic nitrogens is 2. The van der Waals surface area contributed by atoms with Crippen LogP contribution in [0.3, 0.4) is 0 Å². The molecule has 1 fully saturated rings. The zero-order valence-corrected chi connectivity index (χ0v) is 14.9. The Morgan fingerprint density at radius 1 is 1.31 bits per heavy atom. The molecule has 1 aromatic heterocycles. The molecule has 1 atom stereocenters. The lowest BCUT2D eigenvalue weighted by atomic mass is 9.90. The molecule has 3 rings (SSSR count). The molecule has 0 spiro atoms. The van der Waals surface area contributed by atoms with Crippen LogP contribution in [0.5, 0.6) is 0 Å². The van der Waals surface area contributed by atoms with Crippen molar-refractivity contribution in [3.63, 3.8) is 0 Å². The molecule has 0 saturated carbocycles. The van der Waals surface area contributed by atoms with E-state index in [-0.39, 0.29) is 12.6 Å². The van der Waals surface area contributed by atoms with E-state index in [1.807, 2.05) is 29.0 Å². The fraction of sp³-hybridized carbons (Fsp3) is 0.421. The summed E-state index contributed by atoms with van der Waals surface area (Å²) < 4.78 is 2.03. The topological polar surface area (TPSA) is 87.5 Å². The van der Waals surface area contributed by atoms with Gasteiger partial charge in [0.15, 0.2) is 0 Å². The second kappa shape index (κ2) is 7.59. The van der Waals surface area contributed by atoms with Crippen LogP contribution in [-0.4, -0.2) is 44.6 Å². The van der Waals surface area contributed by atoms with Crippen molar-refractivity contribution in [2.45, 2.75) is 32.9 Å². The molecule has 2 amide bonds. The van der Waals surface area contributed by atoms with Crippen molar-refractivity contribution in [1.29, 1.82) is 0 Å². The summed E-state index contributed by atoms with van der Waals surface area (Å²) >= 11 is 0. The number of carbonyl (C=O) groups is 2. The summed E-state index contributed by atoms with van der Waals surface area (Å²) in [5, 5.41) is 12.1. The van der Waals surface area contributed by atoms with Crippen LogP contribution < -0.4 is 5.32 Å². The largest absolute Gasteiger partial charge is 0.481 e. The first-order valence-electron chi connectivity index (χ1n) is 8.78. The van der Waals surface area contributed by atoms with Gasteiger partial charge in [-0.05, 0) is 25.3 Å². The quantitative estimate of drug-likeness (QED) is 0.830. The number of imidazole rings is 1. The van der Waals surface area contributed by atoms with Gasteiger partial charge in [0.05, 0.1) is 12.0 Å². The zero-order chi connectivity index (χ0) is 18.6. The maximum absolute atomic E-state index is 12.3. The number of carboxylic acids is 1. The average Bonchev–Trinajstić information content (AvgIpc) is 3.26. The summed E-state index contributed by atoms with van der Waals surface area (Å²) in [5.74, 6) is -0.0706. The summed E-state index contributed by atoms with van der Waals surface area (Å²) in [6.07, 6.45) is 4.99. The average molecular weight is 356 g/mol. The Labute approximate surface area is 152 Å². The minimum Gasteiger partial charge on any atom is -0.481 e. The van der Waals surface area contributed by atoms with Crippen LogP contribution in [0.25, 0.3) is 0 Å². The standard InChI is InChI=1S/C19H24N4O3/c1-19(17(24)25)8-11-23(14-19)18(26)21-13-16-20-9-12-22(16)10-7-15-5-3-2-4-6-15/h2-6,9,12H,7-8,10-11,13-14H2,1H3,(H,21,26)(H,24,25). The van der Waals surface area contributed by atoms with Gasteiger partial charge in [-0.25, -0.2) is 9.78 Å². The molecule has 138 valence electrons. The smallest absolute Gasteiger partial charge is 0.317 e. The number of hydrogen-bond acceptors (Lipinski definition) is 3. The molecule has 2 N–H and O–H groups in total. The van der Waals surface area contributed by atoms with Gasteiger partial charge in [-0.15, -0.1) is 0 Å². The Morgan fingerprint density at radius 3 is 2.77 bits per heavy atom. The summed E-state index contributed by atoms with van der Waals surface area (Å²) in [4.78, 5) is 29.5. The Hall–Kier alpha value is -2.83. The van der Waals surface area contributed by atoms with E-state index in [4.69, 9.17) is 0 Å². The molecular weight excluding hydrogens is 332 g/mol. The van der Waals surface area contributed by atoms with Crippen molar-refractivity contribution in [3.8, 4) is 0 Å². The van der Waals surface area contributed by atoms with Crippen LogP contribution in [0, 0.1) is 5.41 Å². The van der Waals surface area contributed by atoms with Crippen molar-refractivity contribution in [2.75, 3.05) is 13.1 Å². The Balaban J connectivity index is 1.52. The maximum atomic E-state index is 12.3. The molecule has 0 radical (unpaired) electrons. The van der Waals surface area contributed by atoms with Gasteiger partial charge in [-0.2, -0.15) is 0 Å².